The lowest BCUT2D eigenvalue weighted by molar-refractivity contribution is -0.115. The minimum absolute atomic E-state index is 0.187. The highest BCUT2D eigenvalue weighted by Crippen LogP contribution is 2.29. The quantitative estimate of drug-likeness (QED) is 0.260. The molecule has 0 radical (unpaired) electrons. The van der Waals surface area contributed by atoms with Crippen LogP contribution in [-0.2, 0) is 9.53 Å². The number of thiazole rings is 1. The Morgan fingerprint density at radius 1 is 1.19 bits per heavy atom. The number of hydrogen-bond donors (Lipinski definition) is 1. The Hall–Kier alpha value is -2.78. The average molecular weight is 471 g/mol. The Morgan fingerprint density at radius 2 is 1.94 bits per heavy atom. The van der Waals surface area contributed by atoms with Gasteiger partial charge in [0.25, 0.3) is 0 Å². The smallest absolute Gasteiger partial charge is 0.350 e. The Balaban J connectivity index is 1.67. The van der Waals surface area contributed by atoms with E-state index < -0.39 is 5.97 Å². The van der Waals surface area contributed by atoms with E-state index in [0.717, 1.165) is 22.6 Å². The maximum absolute atomic E-state index is 12.9. The lowest BCUT2D eigenvalue weighted by Crippen LogP contribution is -2.24. The zero-order chi connectivity index (χ0) is 23.1. The number of aryl methyl sites for hydroxylation is 1. The van der Waals surface area contributed by atoms with Crippen molar-refractivity contribution >= 4 is 40.1 Å². The molecule has 1 atom stereocenters. The molecular formula is C23H26N4O3S2. The predicted molar refractivity (Wildman–Crippen MR) is 128 cm³/mol. The third kappa shape index (κ3) is 6.37. The summed E-state index contributed by atoms with van der Waals surface area (Å²) in [5.41, 5.74) is 2.34. The minimum atomic E-state index is -0.412. The molecule has 32 heavy (non-hydrogen) atoms. The second-order valence-electron chi connectivity index (χ2n) is 7.54. The SMILES string of the molecule is CCC(Sc1cc(-c2ccccc2)ncn1)C(=O)Nc1nc(C)c(C(=O)OCC(C)C)s1. The van der Waals surface area contributed by atoms with Crippen LogP contribution in [0.4, 0.5) is 5.13 Å². The maximum Gasteiger partial charge on any atom is 0.350 e. The number of nitrogens with one attached hydrogen (secondary N) is 1. The van der Waals surface area contributed by atoms with Crippen molar-refractivity contribution in [1.82, 2.24) is 15.0 Å². The van der Waals surface area contributed by atoms with Gasteiger partial charge in [0, 0.05) is 5.56 Å². The molecule has 0 spiro atoms. The monoisotopic (exact) mass is 470 g/mol. The number of carbonyl (C=O) groups is 2. The molecule has 0 aliphatic rings. The maximum atomic E-state index is 12.9. The lowest BCUT2D eigenvalue weighted by Gasteiger charge is -2.13. The molecule has 9 heteroatoms. The van der Waals surface area contributed by atoms with Crippen LogP contribution in [0.15, 0.2) is 47.8 Å². The highest BCUT2D eigenvalue weighted by atomic mass is 32.2. The number of ether oxygens (including phenoxy) is 1. The number of esters is 1. The summed E-state index contributed by atoms with van der Waals surface area (Å²) in [6, 6.07) is 11.7. The average Bonchev–Trinajstić information content (AvgIpc) is 3.16. The zero-order valence-electron chi connectivity index (χ0n) is 18.5. The molecule has 1 N–H and O–H groups in total. The molecule has 1 aromatic carbocycles. The van der Waals surface area contributed by atoms with Gasteiger partial charge in [-0.15, -0.1) is 0 Å². The van der Waals surface area contributed by atoms with E-state index in [1.165, 1.54) is 18.1 Å². The molecule has 1 unspecified atom stereocenters. The second-order valence-corrected chi connectivity index (χ2v) is 9.76. The summed E-state index contributed by atoms with van der Waals surface area (Å²) < 4.78 is 5.28. The Labute approximate surface area is 196 Å². The van der Waals surface area contributed by atoms with Gasteiger partial charge < -0.3 is 10.1 Å². The second kappa shape index (κ2) is 11.2. The van der Waals surface area contributed by atoms with Crippen molar-refractivity contribution in [2.75, 3.05) is 11.9 Å². The summed E-state index contributed by atoms with van der Waals surface area (Å²) in [6.45, 7) is 7.97. The predicted octanol–water partition coefficient (Wildman–Crippen LogP) is 5.23. The number of amides is 1. The van der Waals surface area contributed by atoms with E-state index in [0.29, 0.717) is 33.8 Å². The summed E-state index contributed by atoms with van der Waals surface area (Å²) >= 11 is 2.50. The largest absolute Gasteiger partial charge is 0.461 e. The van der Waals surface area contributed by atoms with Gasteiger partial charge in [0.2, 0.25) is 5.91 Å². The number of hydrogen-bond acceptors (Lipinski definition) is 8. The molecule has 7 nitrogen and oxygen atoms in total. The first-order chi connectivity index (χ1) is 15.4. The Kier molecular flexibility index (Phi) is 8.35. The standard InChI is InChI=1S/C23H26N4O3S2/c1-5-18(31-19-11-17(24-13-25-19)16-9-7-6-8-10-16)21(28)27-23-26-15(4)20(32-23)22(29)30-12-14(2)3/h6-11,13-14,18H,5,12H2,1-4H3,(H,26,27,28). The summed E-state index contributed by atoms with van der Waals surface area (Å²) in [6.07, 6.45) is 2.11. The van der Waals surface area contributed by atoms with Gasteiger partial charge in [-0.05, 0) is 25.3 Å². The first-order valence-corrected chi connectivity index (χ1v) is 12.1. The van der Waals surface area contributed by atoms with Crippen molar-refractivity contribution in [3.63, 3.8) is 0 Å². The summed E-state index contributed by atoms with van der Waals surface area (Å²) in [5, 5.41) is 3.57. The molecule has 0 aliphatic carbocycles. The van der Waals surface area contributed by atoms with Crippen molar-refractivity contribution in [3.8, 4) is 11.3 Å². The molecule has 0 bridgehead atoms. The summed E-state index contributed by atoms with van der Waals surface area (Å²) in [4.78, 5) is 38.5. The van der Waals surface area contributed by atoms with E-state index >= 15 is 0 Å². The molecule has 2 heterocycles. The highest BCUT2D eigenvalue weighted by molar-refractivity contribution is 8.00. The zero-order valence-corrected chi connectivity index (χ0v) is 20.1. The van der Waals surface area contributed by atoms with E-state index in [4.69, 9.17) is 4.74 Å². The van der Waals surface area contributed by atoms with Gasteiger partial charge >= 0.3 is 5.97 Å². The number of rotatable bonds is 9. The van der Waals surface area contributed by atoms with Gasteiger partial charge in [-0.25, -0.2) is 19.7 Å². The molecule has 1 amide bonds. The van der Waals surface area contributed by atoms with Crippen molar-refractivity contribution in [2.45, 2.75) is 44.4 Å². The number of carbonyl (C=O) groups excluding carboxylic acids is 2. The molecule has 2 aromatic heterocycles. The van der Waals surface area contributed by atoms with Crippen LogP contribution in [0.25, 0.3) is 11.3 Å². The van der Waals surface area contributed by atoms with Gasteiger partial charge in [-0.2, -0.15) is 0 Å². The molecule has 0 aliphatic heterocycles. The molecule has 0 saturated heterocycles. The van der Waals surface area contributed by atoms with E-state index in [2.05, 4.69) is 20.3 Å². The number of aromatic nitrogens is 3. The fraction of sp³-hybridized carbons (Fsp3) is 0.348. The van der Waals surface area contributed by atoms with Gasteiger partial charge in [0.15, 0.2) is 5.13 Å². The first-order valence-electron chi connectivity index (χ1n) is 10.4. The topological polar surface area (TPSA) is 94.1 Å². The van der Waals surface area contributed by atoms with E-state index in [-0.39, 0.29) is 17.1 Å². The van der Waals surface area contributed by atoms with E-state index in [1.54, 1.807) is 6.92 Å². The van der Waals surface area contributed by atoms with Gasteiger partial charge in [0.05, 0.1) is 23.2 Å². The lowest BCUT2D eigenvalue weighted by atomic mass is 10.1. The molecule has 0 fully saturated rings. The van der Waals surface area contributed by atoms with Crippen molar-refractivity contribution in [3.05, 3.63) is 53.3 Å². The molecule has 3 aromatic rings. The molecule has 168 valence electrons. The highest BCUT2D eigenvalue weighted by Gasteiger charge is 2.23. The molecule has 3 rings (SSSR count). The van der Waals surface area contributed by atoms with E-state index in [1.807, 2.05) is 57.2 Å². The van der Waals surface area contributed by atoms with Crippen LogP contribution < -0.4 is 5.32 Å². The van der Waals surface area contributed by atoms with Crippen LogP contribution in [0.3, 0.4) is 0 Å². The first kappa shape index (κ1) is 23.9. The van der Waals surface area contributed by atoms with Gasteiger partial charge in [-0.3, -0.25) is 4.79 Å². The van der Waals surface area contributed by atoms with Crippen molar-refractivity contribution < 1.29 is 14.3 Å². The molecular weight excluding hydrogens is 444 g/mol. The van der Waals surface area contributed by atoms with Crippen LogP contribution in [-0.4, -0.2) is 38.7 Å². The summed E-state index contributed by atoms with van der Waals surface area (Å²) in [5.74, 6) is -0.351. The Morgan fingerprint density at radius 3 is 2.62 bits per heavy atom. The fourth-order valence-corrected chi connectivity index (χ4v) is 4.55. The fourth-order valence-electron chi connectivity index (χ4n) is 2.77. The van der Waals surface area contributed by atoms with Gasteiger partial charge in [0.1, 0.15) is 16.2 Å². The van der Waals surface area contributed by atoms with Crippen LogP contribution in [0.5, 0.6) is 0 Å². The minimum Gasteiger partial charge on any atom is -0.461 e. The van der Waals surface area contributed by atoms with Crippen LogP contribution in [0.1, 0.15) is 42.6 Å². The summed E-state index contributed by atoms with van der Waals surface area (Å²) in [7, 11) is 0. The van der Waals surface area contributed by atoms with Crippen LogP contribution in [0, 0.1) is 12.8 Å². The number of nitrogens with zero attached hydrogens (tertiary/aromatic N) is 3. The number of anilines is 1. The Bertz CT molecular complexity index is 1070. The van der Waals surface area contributed by atoms with Crippen molar-refractivity contribution in [1.29, 1.82) is 0 Å². The normalized spacial score (nSPS) is 11.9. The third-order valence-corrected chi connectivity index (χ3v) is 6.75. The van der Waals surface area contributed by atoms with Crippen LogP contribution in [0.2, 0.25) is 0 Å². The van der Waals surface area contributed by atoms with Crippen LogP contribution >= 0.6 is 23.1 Å². The molecule has 0 saturated carbocycles. The van der Waals surface area contributed by atoms with E-state index in [9.17, 15) is 9.59 Å². The van der Waals surface area contributed by atoms with Gasteiger partial charge in [-0.1, -0.05) is 74.2 Å². The number of thioether (sulfide) groups is 1. The van der Waals surface area contributed by atoms with Crippen molar-refractivity contribution in [2.24, 2.45) is 5.92 Å². The third-order valence-electron chi connectivity index (χ3n) is 4.40. The number of benzene rings is 1.